The van der Waals surface area contributed by atoms with Gasteiger partial charge >= 0.3 is 0 Å². The minimum absolute atomic E-state index is 0. The molecule has 1 unspecified atom stereocenters. The molecule has 1 N–H and O–H groups in total. The number of nitrogens with zero attached hydrogens (tertiary/aromatic N) is 4. The summed E-state index contributed by atoms with van der Waals surface area (Å²) in [7, 11) is 0. The number of hydrogen-bond donors (Lipinski definition) is 1. The first-order valence-corrected chi connectivity index (χ1v) is 10.1. The number of aliphatic imine (C=N–C) groups is 1. The Hall–Kier alpha value is -1.22. The number of thioether (sulfide) groups is 1. The number of benzene rings is 1. The van der Waals surface area contributed by atoms with Crippen molar-refractivity contribution >= 4 is 41.7 Å². The Bertz CT molecular complexity index is 689. The number of aromatic nitrogens is 2. The lowest BCUT2D eigenvalue weighted by molar-refractivity contribution is 0.408. The molecule has 1 aliphatic heterocycles. The lowest BCUT2D eigenvalue weighted by Gasteiger charge is -2.34. The number of hydrogen-bond acceptors (Lipinski definition) is 3. The van der Waals surface area contributed by atoms with Gasteiger partial charge in [0, 0.05) is 43.0 Å². The largest absolute Gasteiger partial charge is 0.357 e. The molecule has 1 aliphatic rings. The molecule has 2 aromatic rings. The lowest BCUT2D eigenvalue weighted by atomic mass is 10.2. The van der Waals surface area contributed by atoms with Crippen molar-refractivity contribution in [2.45, 2.75) is 32.1 Å². The molecule has 0 aliphatic carbocycles. The van der Waals surface area contributed by atoms with E-state index in [0.717, 1.165) is 31.3 Å². The summed E-state index contributed by atoms with van der Waals surface area (Å²) < 4.78 is 2.04. The fourth-order valence-corrected chi connectivity index (χ4v) is 4.22. The number of nitrogens with one attached hydrogen (secondary N) is 1. The highest BCUT2D eigenvalue weighted by Crippen LogP contribution is 2.21. The van der Waals surface area contributed by atoms with Gasteiger partial charge in [0.2, 0.25) is 0 Å². The third-order valence-corrected chi connectivity index (χ3v) is 5.77. The molecule has 1 aromatic heterocycles. The molecule has 0 radical (unpaired) electrons. The molecular weight excluding hydrogens is 457 g/mol. The van der Waals surface area contributed by atoms with E-state index in [0.29, 0.717) is 11.8 Å². The van der Waals surface area contributed by atoms with E-state index in [9.17, 15) is 0 Å². The Morgan fingerprint density at radius 3 is 2.92 bits per heavy atom. The van der Waals surface area contributed by atoms with Gasteiger partial charge in [-0.1, -0.05) is 25.1 Å². The molecule has 0 bridgehead atoms. The van der Waals surface area contributed by atoms with Crippen LogP contribution in [0.1, 0.15) is 25.8 Å². The Morgan fingerprint density at radius 1 is 1.35 bits per heavy atom. The quantitative estimate of drug-likeness (QED) is 0.398. The third kappa shape index (κ3) is 5.39. The second-order valence-corrected chi connectivity index (χ2v) is 7.52. The van der Waals surface area contributed by atoms with Crippen molar-refractivity contribution in [3.8, 4) is 5.69 Å². The molecule has 1 aromatic carbocycles. The van der Waals surface area contributed by atoms with Crippen LogP contribution in [0.3, 0.4) is 0 Å². The maximum Gasteiger partial charge on any atom is 0.194 e. The summed E-state index contributed by atoms with van der Waals surface area (Å²) in [5.41, 5.74) is 2.34. The molecule has 2 heterocycles. The Kier molecular flexibility index (Phi) is 8.77. The SMILES string of the molecule is CCNC(=NCc1ccccc1-n1ccnc1)N1CCSC(CC)C1.I. The van der Waals surface area contributed by atoms with Crippen LogP contribution in [-0.4, -0.2) is 51.0 Å². The number of halogens is 1. The summed E-state index contributed by atoms with van der Waals surface area (Å²) in [6, 6.07) is 8.39. The molecule has 3 rings (SSSR count). The van der Waals surface area contributed by atoms with Crippen molar-refractivity contribution in [1.82, 2.24) is 19.8 Å². The van der Waals surface area contributed by atoms with Crippen molar-refractivity contribution in [2.75, 3.05) is 25.4 Å². The molecule has 1 fully saturated rings. The summed E-state index contributed by atoms with van der Waals surface area (Å²) in [6.45, 7) is 8.10. The standard InChI is InChI=1S/C19H27N5S.HI/c1-3-17-14-23(11-12-25-17)19(21-4-2)22-13-16-7-5-6-8-18(16)24-10-9-20-15-24;/h5-10,15,17H,3-4,11-14H2,1-2H3,(H,21,22);1H. The molecule has 26 heavy (non-hydrogen) atoms. The Labute approximate surface area is 177 Å². The van der Waals surface area contributed by atoms with Crippen molar-refractivity contribution in [3.05, 3.63) is 48.5 Å². The minimum Gasteiger partial charge on any atom is -0.357 e. The van der Waals surface area contributed by atoms with Gasteiger partial charge in [-0.15, -0.1) is 24.0 Å². The smallest absolute Gasteiger partial charge is 0.194 e. The molecule has 5 nitrogen and oxygen atoms in total. The van der Waals surface area contributed by atoms with Crippen molar-refractivity contribution < 1.29 is 0 Å². The molecule has 142 valence electrons. The predicted octanol–water partition coefficient (Wildman–Crippen LogP) is 3.78. The Morgan fingerprint density at radius 2 is 2.19 bits per heavy atom. The first-order chi connectivity index (χ1) is 12.3. The summed E-state index contributed by atoms with van der Waals surface area (Å²) in [4.78, 5) is 11.5. The average molecular weight is 485 g/mol. The van der Waals surface area contributed by atoms with Gasteiger partial charge in [0.05, 0.1) is 18.6 Å². The number of rotatable bonds is 5. The van der Waals surface area contributed by atoms with E-state index in [2.05, 4.69) is 65.1 Å². The highest BCUT2D eigenvalue weighted by molar-refractivity contribution is 14.0. The van der Waals surface area contributed by atoms with Gasteiger partial charge in [-0.25, -0.2) is 9.98 Å². The zero-order valence-electron chi connectivity index (χ0n) is 15.5. The lowest BCUT2D eigenvalue weighted by Crippen LogP contribution is -2.48. The molecule has 0 spiro atoms. The van der Waals surface area contributed by atoms with Crippen LogP contribution in [0.2, 0.25) is 0 Å². The van der Waals surface area contributed by atoms with E-state index in [1.165, 1.54) is 17.7 Å². The van der Waals surface area contributed by atoms with Crippen LogP contribution >= 0.6 is 35.7 Å². The van der Waals surface area contributed by atoms with Crippen LogP contribution in [-0.2, 0) is 6.54 Å². The molecule has 0 amide bonds. The van der Waals surface area contributed by atoms with Gasteiger partial charge in [-0.2, -0.15) is 11.8 Å². The number of para-hydroxylation sites is 1. The topological polar surface area (TPSA) is 45.5 Å². The van der Waals surface area contributed by atoms with Crippen LogP contribution in [0.5, 0.6) is 0 Å². The highest BCUT2D eigenvalue weighted by Gasteiger charge is 2.21. The first-order valence-electron chi connectivity index (χ1n) is 9.03. The van der Waals surface area contributed by atoms with E-state index in [1.54, 1.807) is 6.20 Å². The zero-order chi connectivity index (χ0) is 17.5. The van der Waals surface area contributed by atoms with E-state index < -0.39 is 0 Å². The van der Waals surface area contributed by atoms with Crippen LogP contribution < -0.4 is 5.32 Å². The summed E-state index contributed by atoms with van der Waals surface area (Å²) in [5.74, 6) is 2.20. The third-order valence-electron chi connectivity index (χ3n) is 4.40. The molecule has 0 saturated carbocycles. The van der Waals surface area contributed by atoms with Gasteiger partial charge in [-0.05, 0) is 25.0 Å². The maximum absolute atomic E-state index is 4.94. The van der Waals surface area contributed by atoms with E-state index in [4.69, 9.17) is 4.99 Å². The highest BCUT2D eigenvalue weighted by atomic mass is 127. The van der Waals surface area contributed by atoms with Crippen LogP contribution in [0, 0.1) is 0 Å². The van der Waals surface area contributed by atoms with Crippen molar-refractivity contribution in [1.29, 1.82) is 0 Å². The van der Waals surface area contributed by atoms with E-state index in [1.807, 2.05) is 17.1 Å². The van der Waals surface area contributed by atoms with E-state index in [-0.39, 0.29) is 24.0 Å². The van der Waals surface area contributed by atoms with Crippen molar-refractivity contribution in [3.63, 3.8) is 0 Å². The second-order valence-electron chi connectivity index (χ2n) is 6.12. The van der Waals surface area contributed by atoms with Gasteiger partial charge in [0.1, 0.15) is 0 Å². The van der Waals surface area contributed by atoms with Crippen LogP contribution in [0.15, 0.2) is 48.0 Å². The molecular formula is C19H28IN5S. The minimum atomic E-state index is 0. The fraction of sp³-hybridized carbons (Fsp3) is 0.474. The summed E-state index contributed by atoms with van der Waals surface area (Å²) in [6.07, 6.45) is 6.83. The first kappa shape index (κ1) is 21.1. The Balaban J connectivity index is 0.00000243. The molecule has 1 atom stereocenters. The van der Waals surface area contributed by atoms with Gasteiger partial charge < -0.3 is 14.8 Å². The van der Waals surface area contributed by atoms with Gasteiger partial charge in [0.15, 0.2) is 5.96 Å². The fourth-order valence-electron chi connectivity index (χ4n) is 3.04. The van der Waals surface area contributed by atoms with Crippen LogP contribution in [0.25, 0.3) is 5.69 Å². The molecule has 7 heteroatoms. The maximum atomic E-state index is 4.94. The summed E-state index contributed by atoms with van der Waals surface area (Å²) in [5, 5.41) is 4.17. The van der Waals surface area contributed by atoms with Crippen LogP contribution in [0.4, 0.5) is 0 Å². The van der Waals surface area contributed by atoms with E-state index >= 15 is 0 Å². The summed E-state index contributed by atoms with van der Waals surface area (Å²) >= 11 is 2.08. The zero-order valence-corrected chi connectivity index (χ0v) is 18.6. The monoisotopic (exact) mass is 485 g/mol. The van der Waals surface area contributed by atoms with Crippen molar-refractivity contribution in [2.24, 2.45) is 4.99 Å². The second kappa shape index (κ2) is 10.8. The number of imidazole rings is 1. The predicted molar refractivity (Wildman–Crippen MR) is 122 cm³/mol. The average Bonchev–Trinajstić information content (AvgIpc) is 3.20. The van der Waals surface area contributed by atoms with Gasteiger partial charge in [0.25, 0.3) is 0 Å². The molecule has 1 saturated heterocycles. The normalized spacial score (nSPS) is 17.7. The number of guanidine groups is 1. The van der Waals surface area contributed by atoms with Gasteiger partial charge in [-0.3, -0.25) is 0 Å².